The van der Waals surface area contributed by atoms with Crippen molar-refractivity contribution < 1.29 is 33.6 Å². The first-order valence-corrected chi connectivity index (χ1v) is 5.40. The lowest BCUT2D eigenvalue weighted by Crippen LogP contribution is -2.47. The number of carbonyl (C=O) groups excluding carboxylic acids is 1. The first-order chi connectivity index (χ1) is 6.63. The summed E-state index contributed by atoms with van der Waals surface area (Å²) in [5, 5.41) is 10.6. The molecule has 8 nitrogen and oxygen atoms in total. The third kappa shape index (κ3) is 6.19. The van der Waals surface area contributed by atoms with Crippen molar-refractivity contribution in [3.05, 3.63) is 0 Å². The molecule has 0 unspecified atom stereocenters. The molecule has 0 rings (SSSR count). The first kappa shape index (κ1) is 14.1. The molecule has 0 aromatic rings. The van der Waals surface area contributed by atoms with E-state index in [-0.39, 0.29) is 0 Å². The van der Waals surface area contributed by atoms with Gasteiger partial charge < -0.3 is 20.2 Å². The predicted octanol–water partition coefficient (Wildman–Crippen LogP) is -0.926. The van der Waals surface area contributed by atoms with Gasteiger partial charge >= 0.3 is 13.8 Å². The van der Waals surface area contributed by atoms with Crippen LogP contribution in [0.5, 0.6) is 0 Å². The molecule has 9 heteroatoms. The third-order valence-electron chi connectivity index (χ3n) is 1.40. The van der Waals surface area contributed by atoms with Crippen LogP contribution in [0.2, 0.25) is 0 Å². The van der Waals surface area contributed by atoms with Crippen LogP contribution in [0.1, 0.15) is 13.8 Å². The summed E-state index contributed by atoms with van der Waals surface area (Å²) in [4.78, 5) is 38.1. The molecule has 0 aliphatic heterocycles. The van der Waals surface area contributed by atoms with E-state index in [4.69, 9.17) is 14.9 Å². The molecule has 1 amide bonds. The van der Waals surface area contributed by atoms with Gasteiger partial charge in [0.2, 0.25) is 5.91 Å². The molecular weight excluding hydrogens is 229 g/mol. The number of hydrogen-bond acceptors (Lipinski definition) is 4. The lowest BCUT2D eigenvalue weighted by molar-refractivity contribution is -0.144. The number of carboxylic acids is 1. The van der Waals surface area contributed by atoms with Gasteiger partial charge in [-0.25, -0.2) is 9.36 Å². The molecule has 4 N–H and O–H groups in total. The van der Waals surface area contributed by atoms with Crippen molar-refractivity contribution in [1.82, 2.24) is 5.32 Å². The molecule has 0 spiro atoms. The second kappa shape index (κ2) is 5.22. The van der Waals surface area contributed by atoms with E-state index in [2.05, 4.69) is 4.52 Å². The van der Waals surface area contributed by atoms with E-state index >= 15 is 0 Å². The van der Waals surface area contributed by atoms with E-state index in [0.717, 1.165) is 13.8 Å². The molecule has 0 aromatic heterocycles. The highest BCUT2D eigenvalue weighted by molar-refractivity contribution is 7.46. The van der Waals surface area contributed by atoms with E-state index in [9.17, 15) is 14.2 Å². The van der Waals surface area contributed by atoms with Crippen LogP contribution in [0.25, 0.3) is 0 Å². The summed E-state index contributed by atoms with van der Waals surface area (Å²) < 4.78 is 14.6. The van der Waals surface area contributed by atoms with Crippen molar-refractivity contribution in [3.8, 4) is 0 Å². The molecule has 0 bridgehead atoms. The molecule has 0 fully saturated rings. The number of nitrogens with one attached hydrogen (secondary N) is 1. The number of phosphoric ester groups is 1. The highest BCUT2D eigenvalue weighted by Gasteiger charge is 2.31. The van der Waals surface area contributed by atoms with Gasteiger partial charge in [-0.1, -0.05) is 0 Å². The second-order valence-electron chi connectivity index (χ2n) is 2.82. The fraction of sp³-hybridized carbons (Fsp3) is 0.667. The van der Waals surface area contributed by atoms with E-state index in [1.807, 2.05) is 5.32 Å². The maximum absolute atomic E-state index is 10.6. The summed E-state index contributed by atoms with van der Waals surface area (Å²) in [7, 11) is -4.77. The Kier molecular flexibility index (Phi) is 4.89. The van der Waals surface area contributed by atoms with Gasteiger partial charge in [-0.15, -0.1) is 0 Å². The van der Waals surface area contributed by atoms with Crippen LogP contribution in [-0.4, -0.2) is 38.9 Å². The van der Waals surface area contributed by atoms with Gasteiger partial charge in [0.15, 0.2) is 6.04 Å². The Bertz CT molecular complexity index is 298. The number of amides is 1. The normalized spacial score (nSPS) is 15.5. The summed E-state index contributed by atoms with van der Waals surface area (Å²) in [6.45, 7) is 2.22. The van der Waals surface area contributed by atoms with Crippen LogP contribution < -0.4 is 5.32 Å². The number of carbonyl (C=O) groups is 2. The smallest absolute Gasteiger partial charge is 0.469 e. The minimum atomic E-state index is -4.77. The molecule has 2 atom stereocenters. The summed E-state index contributed by atoms with van der Waals surface area (Å²) in [6, 6.07) is -1.50. The van der Waals surface area contributed by atoms with Crippen molar-refractivity contribution in [2.75, 3.05) is 0 Å². The molecule has 0 aromatic carbocycles. The van der Waals surface area contributed by atoms with Gasteiger partial charge in [0.25, 0.3) is 0 Å². The average Bonchev–Trinajstić information content (AvgIpc) is 1.95. The van der Waals surface area contributed by atoms with Gasteiger partial charge in [0, 0.05) is 6.92 Å². The van der Waals surface area contributed by atoms with Crippen LogP contribution in [0.4, 0.5) is 0 Å². The fourth-order valence-electron chi connectivity index (χ4n) is 0.876. The Hall–Kier alpha value is -0.950. The SMILES string of the molecule is CC(=O)N[C@H](C(=O)O)[C@@H](C)OP(=O)(O)O. The second-order valence-corrected chi connectivity index (χ2v) is 4.01. The van der Waals surface area contributed by atoms with E-state index in [1.165, 1.54) is 0 Å². The Morgan fingerprint density at radius 1 is 1.40 bits per heavy atom. The van der Waals surface area contributed by atoms with E-state index < -0.39 is 31.8 Å². The number of phosphoric acid groups is 1. The minimum Gasteiger partial charge on any atom is -0.480 e. The van der Waals surface area contributed by atoms with Gasteiger partial charge in [-0.2, -0.15) is 0 Å². The maximum atomic E-state index is 10.6. The standard InChI is InChI=1S/C6H12NO7P/c1-3(14-15(11,12)13)5(6(9)10)7-4(2)8/h3,5H,1-2H3,(H,7,8)(H,9,10)(H2,11,12,13)/t3-,5+/m1/s1. The summed E-state index contributed by atoms with van der Waals surface area (Å²) in [5.74, 6) is -2.07. The zero-order valence-electron chi connectivity index (χ0n) is 8.08. The van der Waals surface area contributed by atoms with Crippen molar-refractivity contribution in [2.45, 2.75) is 26.0 Å². The zero-order chi connectivity index (χ0) is 12.2. The van der Waals surface area contributed by atoms with Crippen LogP contribution in [0, 0.1) is 0 Å². The Morgan fingerprint density at radius 3 is 2.13 bits per heavy atom. The molecule has 0 aliphatic rings. The topological polar surface area (TPSA) is 133 Å². The zero-order valence-corrected chi connectivity index (χ0v) is 8.97. The van der Waals surface area contributed by atoms with Crippen LogP contribution in [0.15, 0.2) is 0 Å². The number of aliphatic carboxylic acids is 1. The van der Waals surface area contributed by atoms with Crippen molar-refractivity contribution in [3.63, 3.8) is 0 Å². The van der Waals surface area contributed by atoms with Crippen LogP contribution in [0.3, 0.4) is 0 Å². The Morgan fingerprint density at radius 2 is 1.87 bits per heavy atom. The summed E-state index contributed by atoms with van der Waals surface area (Å²) >= 11 is 0. The Balaban J connectivity index is 4.56. The number of hydrogen-bond donors (Lipinski definition) is 4. The highest BCUT2D eigenvalue weighted by Crippen LogP contribution is 2.38. The van der Waals surface area contributed by atoms with Crippen molar-refractivity contribution in [1.29, 1.82) is 0 Å². The molecule has 0 radical (unpaired) electrons. The van der Waals surface area contributed by atoms with Crippen molar-refractivity contribution in [2.24, 2.45) is 0 Å². The lowest BCUT2D eigenvalue weighted by Gasteiger charge is -2.21. The molecule has 15 heavy (non-hydrogen) atoms. The monoisotopic (exact) mass is 241 g/mol. The highest BCUT2D eigenvalue weighted by atomic mass is 31.2. The molecule has 0 aliphatic carbocycles. The van der Waals surface area contributed by atoms with Gasteiger partial charge in [0.05, 0.1) is 6.10 Å². The molecule has 0 heterocycles. The maximum Gasteiger partial charge on any atom is 0.469 e. The predicted molar refractivity (Wildman–Crippen MR) is 47.8 cm³/mol. The third-order valence-corrected chi connectivity index (χ3v) is 2.00. The molecular formula is C6H12NO7P. The molecule has 0 saturated heterocycles. The number of carboxylic acid groups (broad SMARTS) is 1. The first-order valence-electron chi connectivity index (χ1n) is 3.87. The van der Waals surface area contributed by atoms with Crippen LogP contribution in [-0.2, 0) is 18.7 Å². The quantitative estimate of drug-likeness (QED) is 0.457. The van der Waals surface area contributed by atoms with E-state index in [0.29, 0.717) is 0 Å². The van der Waals surface area contributed by atoms with Gasteiger partial charge in [-0.05, 0) is 6.92 Å². The van der Waals surface area contributed by atoms with Crippen molar-refractivity contribution >= 4 is 19.7 Å². The summed E-state index contributed by atoms with van der Waals surface area (Å²) in [5.41, 5.74) is 0. The van der Waals surface area contributed by atoms with Gasteiger partial charge in [-0.3, -0.25) is 9.32 Å². The molecule has 0 saturated carbocycles. The summed E-state index contributed by atoms with van der Waals surface area (Å²) in [6.07, 6.45) is -1.34. The largest absolute Gasteiger partial charge is 0.480 e. The van der Waals surface area contributed by atoms with E-state index in [1.54, 1.807) is 0 Å². The number of rotatable bonds is 5. The molecule has 88 valence electrons. The fourth-order valence-corrected chi connectivity index (χ4v) is 1.43. The minimum absolute atomic E-state index is 0.636. The average molecular weight is 241 g/mol. The Labute approximate surface area is 85.5 Å². The van der Waals surface area contributed by atoms with Crippen LogP contribution >= 0.6 is 7.82 Å². The lowest BCUT2D eigenvalue weighted by atomic mass is 10.2. The van der Waals surface area contributed by atoms with Gasteiger partial charge in [0.1, 0.15) is 0 Å².